The number of carbonyl (C=O) groups excluding carboxylic acids is 6. The van der Waals surface area contributed by atoms with Gasteiger partial charge >= 0.3 is 11.9 Å². The quantitative estimate of drug-likeness (QED) is 0.0309. The molecule has 2 heterocycles. The number of hydrogen-bond acceptors (Lipinski definition) is 11. The second-order valence-corrected chi connectivity index (χ2v) is 21.5. The summed E-state index contributed by atoms with van der Waals surface area (Å²) >= 11 is 1.15. The van der Waals surface area contributed by atoms with E-state index < -0.39 is 72.0 Å². The van der Waals surface area contributed by atoms with E-state index in [-0.39, 0.29) is 54.0 Å². The number of aromatic nitrogens is 1. The number of esters is 1. The first-order chi connectivity index (χ1) is 33.8. The molecule has 72 heavy (non-hydrogen) atoms. The second-order valence-electron chi connectivity index (χ2n) is 20.6. The number of likely N-dealkylation sites (tertiary alicyclic amines) is 1. The number of carbonyl (C=O) groups is 7. The molecule has 0 bridgehead atoms. The first kappa shape index (κ1) is 58.6. The van der Waals surface area contributed by atoms with E-state index in [0.29, 0.717) is 47.5 Å². The van der Waals surface area contributed by atoms with Crippen LogP contribution >= 0.6 is 11.3 Å². The largest absolute Gasteiger partial charge is 0.481 e. The summed E-state index contributed by atoms with van der Waals surface area (Å²) in [6.07, 6.45) is 1.92. The molecular formula is C54H79N8O9S+. The molecule has 18 heteroatoms. The van der Waals surface area contributed by atoms with Gasteiger partial charge in [-0.25, -0.2) is 4.98 Å². The third kappa shape index (κ3) is 16.3. The normalized spacial score (nSPS) is 19.1. The van der Waals surface area contributed by atoms with Crippen LogP contribution in [0, 0.1) is 23.7 Å². The Morgan fingerprint density at radius 1 is 0.903 bits per heavy atom. The summed E-state index contributed by atoms with van der Waals surface area (Å²) in [6.45, 7) is 21.5. The van der Waals surface area contributed by atoms with Gasteiger partial charge < -0.3 is 46.2 Å². The molecule has 10 atom stereocenters. The van der Waals surface area contributed by atoms with Crippen molar-refractivity contribution in [1.82, 2.24) is 25.8 Å². The average Bonchev–Trinajstić information content (AvgIpc) is 3.82. The number of amides is 5. The summed E-state index contributed by atoms with van der Waals surface area (Å²) in [6, 6.07) is 12.7. The number of aliphatic carboxylic acids is 1. The molecule has 0 aliphatic carbocycles. The Morgan fingerprint density at radius 2 is 1.56 bits per heavy atom. The van der Waals surface area contributed by atoms with E-state index in [4.69, 9.17) is 10.5 Å². The molecule has 2 aromatic carbocycles. The molecule has 5 amide bonds. The zero-order chi connectivity index (χ0) is 53.6. The minimum Gasteiger partial charge on any atom is -0.481 e. The van der Waals surface area contributed by atoms with Gasteiger partial charge in [-0.3, -0.25) is 33.6 Å². The van der Waals surface area contributed by atoms with Gasteiger partial charge in [-0.2, -0.15) is 0 Å². The molecule has 17 nitrogen and oxygen atoms in total. The highest BCUT2D eigenvalue weighted by Crippen LogP contribution is 2.33. The molecule has 0 radical (unpaired) electrons. The SMILES string of the molecule is C=C1CCC[N+](C)(Cc2ccc(NC(=O)[C@H](C)NC(=O)[C@@H](N)C(C)C)cc2)[C@H]1C(=O)N[C@H](C(=O)N(C)[C@H](C[C@@H](OC(C)=O)c1nc(C(=O)N[C@@H](Cc2ccccc2)C[C@H](C)C(=O)O)cs1)C(C)C)[C@@H](C)CC. The fraction of sp³-hybridized carbons (Fsp3) is 0.556. The fourth-order valence-corrected chi connectivity index (χ4v) is 10.1. The van der Waals surface area contributed by atoms with Gasteiger partial charge in [-0.05, 0) is 67.2 Å². The standard InChI is InChI=1S/C54H78N8O9S/c1-13-33(6)46(60-51(67)47-34(7)18-17-25-62(47,12)29-39-21-23-40(24-22-39)57-48(64)36(9)56-50(66)45(55)32(4)5)53(68)61(11)43(31(2)3)28-44(71-37(10)63)52-59-42(30-72-52)49(65)58-41(26-35(8)54(69)70)27-38-19-15-14-16-20-38/h14-16,19-24,30-33,35-36,41,43-47H,7,13,17-18,25-29,55H2,1-6,8-12H3,(H4-,56,57,58,60,64,65,66,67,69,70)/p+1/t33-,35-,36-,41+,43+,44+,45-,46-,47+,62?/m0/s1. The van der Waals surface area contributed by atoms with Gasteiger partial charge in [-0.15, -0.1) is 11.3 Å². The number of thiazole rings is 1. The van der Waals surface area contributed by atoms with Crippen molar-refractivity contribution in [3.63, 3.8) is 0 Å². The molecule has 1 aliphatic heterocycles. The minimum absolute atomic E-state index is 0.0826. The van der Waals surface area contributed by atoms with Crippen LogP contribution in [0.1, 0.15) is 127 Å². The van der Waals surface area contributed by atoms with Crippen LogP contribution in [0.2, 0.25) is 0 Å². The van der Waals surface area contributed by atoms with Gasteiger partial charge in [0.05, 0.1) is 25.6 Å². The van der Waals surface area contributed by atoms with E-state index in [0.717, 1.165) is 34.5 Å². The number of carboxylic acids is 1. The molecular weight excluding hydrogens is 937 g/mol. The first-order valence-corrected chi connectivity index (χ1v) is 26.0. The van der Waals surface area contributed by atoms with Gasteiger partial charge in [0.1, 0.15) is 29.3 Å². The Morgan fingerprint density at radius 3 is 2.14 bits per heavy atom. The van der Waals surface area contributed by atoms with E-state index in [1.54, 1.807) is 43.3 Å². The predicted molar refractivity (Wildman–Crippen MR) is 279 cm³/mol. The monoisotopic (exact) mass is 1020 g/mol. The van der Waals surface area contributed by atoms with Crippen molar-refractivity contribution in [2.75, 3.05) is 26.0 Å². The first-order valence-electron chi connectivity index (χ1n) is 25.1. The van der Waals surface area contributed by atoms with Crippen molar-refractivity contribution in [2.45, 2.75) is 150 Å². The van der Waals surface area contributed by atoms with Crippen LogP contribution in [0.25, 0.3) is 0 Å². The van der Waals surface area contributed by atoms with E-state index in [2.05, 4.69) is 32.8 Å². The van der Waals surface area contributed by atoms with E-state index in [1.807, 2.05) is 91.1 Å². The van der Waals surface area contributed by atoms with Gasteiger partial charge in [0.2, 0.25) is 17.7 Å². The summed E-state index contributed by atoms with van der Waals surface area (Å²) in [5.74, 6) is -4.61. The molecule has 0 spiro atoms. The third-order valence-corrected chi connectivity index (χ3v) is 14.8. The van der Waals surface area contributed by atoms with Crippen LogP contribution < -0.4 is 27.0 Å². The zero-order valence-electron chi connectivity index (χ0n) is 44.0. The van der Waals surface area contributed by atoms with E-state index in [9.17, 15) is 38.7 Å². The lowest BCUT2D eigenvalue weighted by Crippen LogP contribution is -2.64. The van der Waals surface area contributed by atoms with Gasteiger partial charge in [0, 0.05) is 55.5 Å². The Labute approximate surface area is 429 Å². The summed E-state index contributed by atoms with van der Waals surface area (Å²) in [7, 11) is 3.71. The summed E-state index contributed by atoms with van der Waals surface area (Å²) in [5, 5.41) is 23.2. The molecule has 1 unspecified atom stereocenters. The van der Waals surface area contributed by atoms with Gasteiger partial charge in [-0.1, -0.05) is 104 Å². The van der Waals surface area contributed by atoms with Crippen molar-refractivity contribution >= 4 is 58.5 Å². The van der Waals surface area contributed by atoms with E-state index in [1.165, 1.54) is 6.92 Å². The van der Waals surface area contributed by atoms with Crippen LogP contribution in [-0.4, -0.2) is 118 Å². The van der Waals surface area contributed by atoms with Crippen LogP contribution in [0.4, 0.5) is 5.69 Å². The lowest BCUT2D eigenvalue weighted by atomic mass is 9.90. The fourth-order valence-electron chi connectivity index (χ4n) is 9.26. The number of nitrogens with zero attached hydrogens (tertiary/aromatic N) is 3. The van der Waals surface area contributed by atoms with Crippen molar-refractivity contribution in [2.24, 2.45) is 29.4 Å². The maximum atomic E-state index is 14.8. The molecule has 1 saturated heterocycles. The number of anilines is 1. The number of nitrogens with one attached hydrogen (secondary N) is 4. The van der Waals surface area contributed by atoms with Crippen LogP contribution in [0.5, 0.6) is 0 Å². The van der Waals surface area contributed by atoms with E-state index >= 15 is 0 Å². The molecule has 1 aliphatic rings. The van der Waals surface area contributed by atoms with Crippen molar-refractivity contribution in [3.05, 3.63) is 94.0 Å². The third-order valence-electron chi connectivity index (χ3n) is 13.9. The van der Waals surface area contributed by atoms with Crippen LogP contribution in [0.3, 0.4) is 0 Å². The summed E-state index contributed by atoms with van der Waals surface area (Å²) in [4.78, 5) is 99.2. The minimum atomic E-state index is -0.967. The molecule has 3 aromatic rings. The highest BCUT2D eigenvalue weighted by Gasteiger charge is 2.45. The van der Waals surface area contributed by atoms with Crippen LogP contribution in [-0.2, 0) is 46.5 Å². The van der Waals surface area contributed by atoms with Gasteiger partial charge in [0.25, 0.3) is 11.8 Å². The maximum Gasteiger partial charge on any atom is 0.306 e. The smallest absolute Gasteiger partial charge is 0.306 e. The Bertz CT molecular complexity index is 2360. The Hall–Kier alpha value is -5.98. The average molecular weight is 1020 g/mol. The lowest BCUT2D eigenvalue weighted by Gasteiger charge is -2.45. The number of likely N-dealkylation sites (N-methyl/N-ethyl adjacent to an activating group) is 2. The number of quaternary nitrogens is 1. The highest BCUT2D eigenvalue weighted by atomic mass is 32.1. The Balaban J connectivity index is 1.50. The summed E-state index contributed by atoms with van der Waals surface area (Å²) in [5.41, 5.74) is 9.22. The topological polar surface area (TPSA) is 239 Å². The second kappa shape index (κ2) is 26.6. The Kier molecular flexibility index (Phi) is 21.7. The number of nitrogens with two attached hydrogens (primary N) is 1. The van der Waals surface area contributed by atoms with Gasteiger partial charge in [0.15, 0.2) is 12.1 Å². The van der Waals surface area contributed by atoms with Crippen molar-refractivity contribution < 1.29 is 47.9 Å². The molecule has 0 saturated carbocycles. The number of carboxylic acid groups (broad SMARTS) is 1. The molecule has 1 fully saturated rings. The lowest BCUT2D eigenvalue weighted by molar-refractivity contribution is -0.936. The molecule has 394 valence electrons. The number of ether oxygens (including phenoxy) is 1. The van der Waals surface area contributed by atoms with Crippen molar-refractivity contribution in [1.29, 1.82) is 0 Å². The number of piperidine rings is 1. The van der Waals surface area contributed by atoms with Crippen molar-refractivity contribution in [3.8, 4) is 0 Å². The van der Waals surface area contributed by atoms with Crippen LogP contribution in [0.15, 0.2) is 72.1 Å². The number of rotatable bonds is 25. The predicted octanol–water partition coefficient (Wildman–Crippen LogP) is 6.40. The molecule has 7 N–H and O–H groups in total. The summed E-state index contributed by atoms with van der Waals surface area (Å²) < 4.78 is 6.16. The highest BCUT2D eigenvalue weighted by molar-refractivity contribution is 7.09. The number of benzene rings is 2. The zero-order valence-corrected chi connectivity index (χ0v) is 44.8. The maximum absolute atomic E-state index is 14.8. The number of hydrogen-bond donors (Lipinski definition) is 6. The molecule has 1 aromatic heterocycles. The molecule has 4 rings (SSSR count).